The minimum Gasteiger partial charge on any atom is -0.497 e. The molecule has 0 bridgehead atoms. The Morgan fingerprint density at radius 3 is 1.91 bits per heavy atom. The van der Waals surface area contributed by atoms with E-state index in [1.165, 1.54) is 40.4 Å². The maximum atomic E-state index is 15.9. The zero-order valence-corrected chi connectivity index (χ0v) is 38.8. The Morgan fingerprint density at radius 1 is 0.828 bits per heavy atom. The Morgan fingerprint density at radius 2 is 1.39 bits per heavy atom. The fraction of sp³-hybridized carbons (Fsp3) is 0.372. The highest BCUT2D eigenvalue weighted by atomic mass is 32.2. The number of methoxy groups -OCH3 is 3. The molecule has 1 amide bonds. The average molecular weight is 934 g/mol. The Hall–Kier alpha value is -5.87. The van der Waals surface area contributed by atoms with Crippen molar-refractivity contribution in [3.63, 3.8) is 0 Å². The minimum atomic E-state index is -4.88. The van der Waals surface area contributed by atoms with Crippen molar-refractivity contribution < 1.29 is 40.6 Å². The van der Waals surface area contributed by atoms with Crippen LogP contribution in [-0.4, -0.2) is 117 Å². The smallest absolute Gasteiger partial charge is 0.410 e. The maximum Gasteiger partial charge on any atom is 0.410 e. The summed E-state index contributed by atoms with van der Waals surface area (Å²) in [5.41, 5.74) is 1.36. The lowest BCUT2D eigenvalue weighted by Crippen LogP contribution is -2.41. The van der Waals surface area contributed by atoms with Crippen LogP contribution in [0.15, 0.2) is 94.7 Å². The van der Waals surface area contributed by atoms with Gasteiger partial charge >= 0.3 is 6.09 Å². The summed E-state index contributed by atoms with van der Waals surface area (Å²) >= 11 is 5.70. The highest BCUT2D eigenvalue weighted by Crippen LogP contribution is 2.42. The fourth-order valence-corrected chi connectivity index (χ4v) is 11.3. The van der Waals surface area contributed by atoms with Crippen LogP contribution < -0.4 is 29.1 Å². The van der Waals surface area contributed by atoms with Gasteiger partial charge in [0, 0.05) is 45.3 Å². The molecule has 4 aromatic carbocycles. The van der Waals surface area contributed by atoms with E-state index < -0.39 is 47.6 Å². The number of benzene rings is 4. The van der Waals surface area contributed by atoms with E-state index >= 15 is 8.42 Å². The Balaban J connectivity index is 1.40. The van der Waals surface area contributed by atoms with Gasteiger partial charge in [0.05, 0.1) is 39.1 Å². The van der Waals surface area contributed by atoms with Crippen molar-refractivity contribution in [2.75, 3.05) is 52.4 Å². The predicted octanol–water partition coefficient (Wildman–Crippen LogP) is 4.79. The van der Waals surface area contributed by atoms with Crippen molar-refractivity contribution in [2.24, 2.45) is 0 Å². The van der Waals surface area contributed by atoms with Gasteiger partial charge in [0.25, 0.3) is 0 Å². The third kappa shape index (κ3) is 10.6. The molecule has 64 heavy (non-hydrogen) atoms. The first-order valence-corrected chi connectivity index (χ1v) is 23.7. The van der Waals surface area contributed by atoms with Gasteiger partial charge in [0.2, 0.25) is 25.9 Å². The molecule has 0 aliphatic carbocycles. The highest BCUT2D eigenvalue weighted by Gasteiger charge is 2.41. The van der Waals surface area contributed by atoms with Crippen molar-refractivity contribution in [1.82, 2.24) is 39.5 Å². The second-order valence-corrected chi connectivity index (χ2v) is 20.1. The Labute approximate surface area is 378 Å². The van der Waals surface area contributed by atoms with Crippen LogP contribution in [0.1, 0.15) is 43.9 Å². The van der Waals surface area contributed by atoms with E-state index in [4.69, 9.17) is 31.2 Å². The Bertz CT molecular complexity index is 2640. The molecule has 1 aromatic heterocycles. The molecule has 5 aromatic rings. The number of carbonyl (C=O) groups excluding carboxylic acids is 1. The zero-order chi connectivity index (χ0) is 45.8. The highest BCUT2D eigenvalue weighted by molar-refractivity contribution is 7.92. The number of thiocarbonyl (C=S) groups is 1. The average Bonchev–Trinajstić information content (AvgIpc) is 4.05. The molecule has 340 valence electrons. The monoisotopic (exact) mass is 933 g/mol. The normalized spacial score (nSPS) is 15.7. The number of rotatable bonds is 16. The second-order valence-electron chi connectivity index (χ2n) is 16.2. The summed E-state index contributed by atoms with van der Waals surface area (Å²) in [6, 6.07) is 23.1. The second kappa shape index (κ2) is 19.1. The maximum absolute atomic E-state index is 15.9. The standard InChI is InChI=1S/C43H51N9O9S3/c1-43(2,3)61-42(53)49-23-21-32(28-49)47-63(54,55)37-20-19-36(51-24-22-44-41(51)62)38(40-45-48-52(46-40)27-31-11-17-35(60-6)18-12-31)39(37)64(56,57)50(25-29-7-13-33(58-4)14-8-29)26-30-9-15-34(59-5)16-10-30/h7-20,32,47H,21-28H2,1-6H3,(H,44,62). The molecule has 2 aliphatic rings. The largest absolute Gasteiger partial charge is 0.497 e. The molecular formula is C43H51N9O9S3. The van der Waals surface area contributed by atoms with Gasteiger partial charge in [-0.1, -0.05) is 36.4 Å². The zero-order valence-electron chi connectivity index (χ0n) is 36.3. The molecule has 2 aliphatic heterocycles. The first-order chi connectivity index (χ1) is 30.5. The molecule has 2 N–H and O–H groups in total. The third-order valence-corrected chi connectivity index (χ3v) is 14.4. The van der Waals surface area contributed by atoms with Crippen LogP contribution in [0.5, 0.6) is 17.2 Å². The van der Waals surface area contributed by atoms with Crippen LogP contribution in [-0.2, 0) is 44.4 Å². The van der Waals surface area contributed by atoms with Gasteiger partial charge < -0.3 is 34.1 Å². The van der Waals surface area contributed by atoms with Crippen LogP contribution in [0.3, 0.4) is 0 Å². The van der Waals surface area contributed by atoms with E-state index in [2.05, 4.69) is 25.4 Å². The lowest BCUT2D eigenvalue weighted by atomic mass is 10.1. The molecule has 0 radical (unpaired) electrons. The molecule has 7 rings (SSSR count). The molecule has 21 heteroatoms. The third-order valence-electron chi connectivity index (χ3n) is 10.5. The number of hydrogen-bond donors (Lipinski definition) is 2. The van der Waals surface area contributed by atoms with Gasteiger partial charge in [0.15, 0.2) is 5.11 Å². The number of nitrogens with one attached hydrogen (secondary N) is 2. The summed E-state index contributed by atoms with van der Waals surface area (Å²) in [6.45, 7) is 6.02. The van der Waals surface area contributed by atoms with Crippen LogP contribution in [0, 0.1) is 0 Å². The number of carbonyl (C=O) groups is 1. The number of likely N-dealkylation sites (tertiary alicyclic amines) is 1. The molecule has 3 heterocycles. The molecule has 0 spiro atoms. The van der Waals surface area contributed by atoms with Gasteiger partial charge in [0.1, 0.15) is 32.6 Å². The molecule has 1 atom stereocenters. The van der Waals surface area contributed by atoms with Crippen LogP contribution in [0.4, 0.5) is 10.5 Å². The van der Waals surface area contributed by atoms with Crippen molar-refractivity contribution >= 4 is 49.2 Å². The van der Waals surface area contributed by atoms with E-state index in [9.17, 15) is 13.2 Å². The van der Waals surface area contributed by atoms with Crippen molar-refractivity contribution in [3.05, 3.63) is 102 Å². The summed E-state index contributed by atoms with van der Waals surface area (Å²) in [5, 5.41) is 16.8. The van der Waals surface area contributed by atoms with Crippen molar-refractivity contribution in [1.29, 1.82) is 0 Å². The van der Waals surface area contributed by atoms with Crippen LogP contribution in [0.25, 0.3) is 11.4 Å². The van der Waals surface area contributed by atoms with Gasteiger partial charge in [-0.15, -0.1) is 10.2 Å². The number of tetrazole rings is 1. The van der Waals surface area contributed by atoms with Crippen LogP contribution >= 0.6 is 12.2 Å². The fourth-order valence-electron chi connectivity index (χ4n) is 7.32. The van der Waals surface area contributed by atoms with Crippen molar-refractivity contribution in [3.8, 4) is 28.6 Å². The molecule has 0 saturated carbocycles. The number of hydrogen-bond acceptors (Lipinski definition) is 13. The summed E-state index contributed by atoms with van der Waals surface area (Å²) in [6.07, 6.45) is -0.336. The van der Waals surface area contributed by atoms with E-state index in [0.29, 0.717) is 46.6 Å². The molecule has 2 saturated heterocycles. The number of nitrogens with zero attached hydrogens (tertiary/aromatic N) is 7. The minimum absolute atomic E-state index is 0.00279. The quantitative estimate of drug-likeness (QED) is 0.128. The van der Waals surface area contributed by atoms with Crippen molar-refractivity contribution in [2.45, 2.75) is 68.3 Å². The topological polar surface area (TPSA) is 200 Å². The van der Waals surface area contributed by atoms with E-state index in [-0.39, 0.29) is 56.2 Å². The van der Waals surface area contributed by atoms with E-state index in [0.717, 1.165) is 5.56 Å². The van der Waals surface area contributed by atoms with Gasteiger partial charge in [-0.2, -0.15) is 9.10 Å². The summed E-state index contributed by atoms with van der Waals surface area (Å²) in [7, 11) is -4.95. The first-order valence-electron chi connectivity index (χ1n) is 20.4. The lowest BCUT2D eigenvalue weighted by molar-refractivity contribution is 0.0292. The summed E-state index contributed by atoms with van der Waals surface area (Å²) < 4.78 is 87.2. The number of ether oxygens (including phenoxy) is 4. The number of sulfonamides is 2. The SMILES string of the molecule is COc1ccc(CN(Cc2ccc(OC)cc2)S(=O)(=O)c2c(S(=O)(=O)NC3CCN(C(=O)OC(C)(C)C)C3)ccc(N3CCNC3=S)c2-c2nnn(Cc3ccc(OC)cc3)n2)cc1. The summed E-state index contributed by atoms with van der Waals surface area (Å²) in [5.74, 6) is 1.64. The Kier molecular flexibility index (Phi) is 13.8. The molecule has 1 unspecified atom stereocenters. The first kappa shape index (κ1) is 46.1. The van der Waals surface area contributed by atoms with Crippen LogP contribution in [0.2, 0.25) is 0 Å². The molecular weight excluding hydrogens is 883 g/mol. The summed E-state index contributed by atoms with van der Waals surface area (Å²) in [4.78, 5) is 16.3. The van der Waals surface area contributed by atoms with Gasteiger partial charge in [-0.05, 0) is 110 Å². The van der Waals surface area contributed by atoms with E-state index in [1.54, 1.807) is 93.4 Å². The van der Waals surface area contributed by atoms with E-state index in [1.807, 2.05) is 12.1 Å². The van der Waals surface area contributed by atoms with Gasteiger partial charge in [-0.3, -0.25) is 0 Å². The molecule has 2 fully saturated rings. The molecule has 18 nitrogen and oxygen atoms in total. The predicted molar refractivity (Wildman–Crippen MR) is 242 cm³/mol. The number of aromatic nitrogens is 4. The number of anilines is 1. The lowest BCUT2D eigenvalue weighted by Gasteiger charge is -2.28. The van der Waals surface area contributed by atoms with Gasteiger partial charge in [-0.25, -0.2) is 26.4 Å². The number of amides is 1.